The van der Waals surface area contributed by atoms with Crippen LogP contribution in [0.2, 0.25) is 0 Å². The van der Waals surface area contributed by atoms with Gasteiger partial charge in [0.15, 0.2) is 0 Å². The molecule has 1 unspecified atom stereocenters. The lowest BCUT2D eigenvalue weighted by Gasteiger charge is -2.34. The van der Waals surface area contributed by atoms with Gasteiger partial charge in [-0.3, -0.25) is 13.9 Å². The maximum absolute atomic E-state index is 14.2. The largest absolute Gasteiger partial charge is 0.352 e. The number of nitrogens with zero attached hydrogens (tertiary/aromatic N) is 2. The van der Waals surface area contributed by atoms with Crippen LogP contribution in [0, 0.1) is 20.8 Å². The highest BCUT2D eigenvalue weighted by Crippen LogP contribution is 2.26. The number of hydrogen-bond donors (Lipinski definition) is 1. The fourth-order valence-electron chi connectivity index (χ4n) is 5.33. The molecule has 1 saturated carbocycles. The average molecular weight is 576 g/mol. The Hall–Kier alpha value is -3.65. The number of rotatable bonds is 11. The monoisotopic (exact) mass is 575 g/mol. The molecule has 0 heterocycles. The Bertz CT molecular complexity index is 1450. The van der Waals surface area contributed by atoms with Crippen LogP contribution >= 0.6 is 0 Å². The first-order chi connectivity index (χ1) is 19.6. The third kappa shape index (κ3) is 7.55. The Morgan fingerprint density at radius 1 is 0.878 bits per heavy atom. The van der Waals surface area contributed by atoms with Crippen molar-refractivity contribution in [3.8, 4) is 0 Å². The molecule has 4 rings (SSSR count). The first kappa shape index (κ1) is 30.3. The van der Waals surface area contributed by atoms with Crippen molar-refractivity contribution in [2.75, 3.05) is 10.8 Å². The van der Waals surface area contributed by atoms with Crippen molar-refractivity contribution in [3.05, 3.63) is 95.1 Å². The van der Waals surface area contributed by atoms with E-state index < -0.39 is 28.5 Å². The first-order valence-electron chi connectivity index (χ1n) is 14.4. The van der Waals surface area contributed by atoms with Gasteiger partial charge in [0.25, 0.3) is 10.0 Å². The lowest BCUT2D eigenvalue weighted by atomic mass is 10.1. The Balaban J connectivity index is 1.71. The lowest BCUT2D eigenvalue weighted by Crippen LogP contribution is -2.53. The maximum atomic E-state index is 14.2. The van der Waals surface area contributed by atoms with E-state index in [4.69, 9.17) is 0 Å². The van der Waals surface area contributed by atoms with Gasteiger partial charge in [0.2, 0.25) is 11.8 Å². The molecule has 0 spiro atoms. The number of anilines is 1. The smallest absolute Gasteiger partial charge is 0.264 e. The van der Waals surface area contributed by atoms with E-state index in [1.54, 1.807) is 47.4 Å². The third-order valence-corrected chi connectivity index (χ3v) is 9.53. The molecule has 2 amide bonds. The molecule has 8 heteroatoms. The topological polar surface area (TPSA) is 86.8 Å². The van der Waals surface area contributed by atoms with Crippen LogP contribution < -0.4 is 9.62 Å². The molecule has 41 heavy (non-hydrogen) atoms. The van der Waals surface area contributed by atoms with Crippen molar-refractivity contribution in [1.82, 2.24) is 10.2 Å². The lowest BCUT2D eigenvalue weighted by molar-refractivity contribution is -0.140. The summed E-state index contributed by atoms with van der Waals surface area (Å²) in [7, 11) is -4.08. The van der Waals surface area contributed by atoms with Crippen LogP contribution in [0.25, 0.3) is 0 Å². The zero-order valence-corrected chi connectivity index (χ0v) is 25.3. The van der Waals surface area contributed by atoms with Gasteiger partial charge in [0.05, 0.1) is 10.6 Å². The molecule has 1 atom stereocenters. The fourth-order valence-corrected chi connectivity index (χ4v) is 6.73. The molecule has 0 bridgehead atoms. The van der Waals surface area contributed by atoms with E-state index in [2.05, 4.69) is 5.32 Å². The number of carbonyl (C=O) groups is 2. The molecular weight excluding hydrogens is 534 g/mol. The van der Waals surface area contributed by atoms with Crippen molar-refractivity contribution < 1.29 is 18.0 Å². The van der Waals surface area contributed by atoms with E-state index in [1.807, 2.05) is 58.0 Å². The second-order valence-electron chi connectivity index (χ2n) is 11.1. The van der Waals surface area contributed by atoms with Gasteiger partial charge in [-0.2, -0.15) is 0 Å². The molecule has 0 radical (unpaired) electrons. The summed E-state index contributed by atoms with van der Waals surface area (Å²) in [6, 6.07) is 20.9. The molecule has 1 aliphatic rings. The Labute approximate surface area is 244 Å². The van der Waals surface area contributed by atoms with E-state index in [9.17, 15) is 18.0 Å². The zero-order valence-electron chi connectivity index (χ0n) is 24.5. The number of nitrogens with one attached hydrogen (secondary N) is 1. The third-order valence-electron chi connectivity index (χ3n) is 7.74. The number of carbonyl (C=O) groups excluding carboxylic acids is 2. The van der Waals surface area contributed by atoms with Crippen LogP contribution in [0.1, 0.15) is 61.3 Å². The van der Waals surface area contributed by atoms with Gasteiger partial charge in [-0.1, -0.05) is 79.4 Å². The summed E-state index contributed by atoms with van der Waals surface area (Å²) in [6.45, 7) is 7.41. The molecule has 218 valence electrons. The van der Waals surface area contributed by atoms with Gasteiger partial charge in [-0.25, -0.2) is 8.42 Å². The molecule has 1 fully saturated rings. The second kappa shape index (κ2) is 13.3. The zero-order chi connectivity index (χ0) is 29.6. The van der Waals surface area contributed by atoms with Crippen molar-refractivity contribution in [1.29, 1.82) is 0 Å². The predicted octanol–water partition coefficient (Wildman–Crippen LogP) is 5.67. The van der Waals surface area contributed by atoms with Crippen molar-refractivity contribution in [3.63, 3.8) is 0 Å². The van der Waals surface area contributed by atoms with Gasteiger partial charge < -0.3 is 10.2 Å². The summed E-state index contributed by atoms with van der Waals surface area (Å²) in [5.74, 6) is -0.625. The number of hydrogen-bond acceptors (Lipinski definition) is 4. The van der Waals surface area contributed by atoms with Crippen LogP contribution in [0.3, 0.4) is 0 Å². The van der Waals surface area contributed by atoms with E-state index >= 15 is 0 Å². The van der Waals surface area contributed by atoms with E-state index in [0.29, 0.717) is 12.1 Å². The van der Waals surface area contributed by atoms with Crippen molar-refractivity contribution in [2.24, 2.45) is 0 Å². The summed E-state index contributed by atoms with van der Waals surface area (Å²) in [5.41, 5.74) is 4.17. The van der Waals surface area contributed by atoms with Gasteiger partial charge in [-0.05, 0) is 75.4 Å². The Morgan fingerprint density at radius 3 is 2.07 bits per heavy atom. The summed E-state index contributed by atoms with van der Waals surface area (Å²) in [6.07, 6.45) is 4.44. The SMILES string of the molecule is CCC(C(=O)NC1CCCC1)N(Cc1ccc(C)cc1)C(=O)CN(c1cccc(C)c1)S(=O)(=O)c1ccc(C)cc1. The number of benzene rings is 3. The highest BCUT2D eigenvalue weighted by Gasteiger charge is 2.34. The van der Waals surface area contributed by atoms with E-state index in [1.165, 1.54) is 0 Å². The summed E-state index contributed by atoms with van der Waals surface area (Å²) in [5, 5.41) is 3.15. The molecule has 3 aromatic carbocycles. The van der Waals surface area contributed by atoms with Crippen LogP contribution in [0.5, 0.6) is 0 Å². The van der Waals surface area contributed by atoms with Crippen LogP contribution in [0.15, 0.2) is 77.7 Å². The minimum atomic E-state index is -4.08. The first-order valence-corrected chi connectivity index (χ1v) is 15.8. The van der Waals surface area contributed by atoms with E-state index in [-0.39, 0.29) is 23.4 Å². The summed E-state index contributed by atoms with van der Waals surface area (Å²) in [4.78, 5) is 29.4. The molecule has 3 aromatic rings. The summed E-state index contributed by atoms with van der Waals surface area (Å²) >= 11 is 0. The maximum Gasteiger partial charge on any atom is 0.264 e. The van der Waals surface area contributed by atoms with Crippen LogP contribution in [-0.4, -0.2) is 43.8 Å². The minimum Gasteiger partial charge on any atom is -0.352 e. The standard InChI is InChI=1S/C33H41N3O4S/c1-5-31(33(38)34-28-10-6-7-11-28)35(22-27-17-13-24(2)14-18-27)32(37)23-36(29-12-8-9-26(4)21-29)41(39,40)30-19-15-25(3)16-20-30/h8-9,12-21,28,31H,5-7,10-11,22-23H2,1-4H3,(H,34,38). The van der Waals surface area contributed by atoms with Gasteiger partial charge >= 0.3 is 0 Å². The van der Waals surface area contributed by atoms with Crippen molar-refractivity contribution >= 4 is 27.5 Å². The van der Waals surface area contributed by atoms with Gasteiger partial charge in [-0.15, -0.1) is 0 Å². The fraction of sp³-hybridized carbons (Fsp3) is 0.394. The molecule has 0 saturated heterocycles. The van der Waals surface area contributed by atoms with Gasteiger partial charge in [0.1, 0.15) is 12.6 Å². The van der Waals surface area contributed by atoms with Crippen LogP contribution in [-0.2, 0) is 26.2 Å². The number of amides is 2. The molecular formula is C33H41N3O4S. The van der Waals surface area contributed by atoms with E-state index in [0.717, 1.165) is 52.2 Å². The Kier molecular flexibility index (Phi) is 9.86. The number of sulfonamides is 1. The molecule has 1 N–H and O–H groups in total. The highest BCUT2D eigenvalue weighted by atomic mass is 32.2. The minimum absolute atomic E-state index is 0.105. The second-order valence-corrected chi connectivity index (χ2v) is 12.9. The van der Waals surface area contributed by atoms with Crippen LogP contribution in [0.4, 0.5) is 5.69 Å². The normalized spacial score (nSPS) is 14.4. The van der Waals surface area contributed by atoms with Gasteiger partial charge in [0, 0.05) is 12.6 Å². The quantitative estimate of drug-likeness (QED) is 0.319. The molecule has 1 aliphatic carbocycles. The molecule has 7 nitrogen and oxygen atoms in total. The average Bonchev–Trinajstić information content (AvgIpc) is 3.45. The highest BCUT2D eigenvalue weighted by molar-refractivity contribution is 7.92. The number of aryl methyl sites for hydroxylation is 3. The summed E-state index contributed by atoms with van der Waals surface area (Å²) < 4.78 is 29.1. The predicted molar refractivity (Wildman–Crippen MR) is 163 cm³/mol. The molecule has 0 aliphatic heterocycles. The Morgan fingerprint density at radius 2 is 1.49 bits per heavy atom. The molecule has 0 aromatic heterocycles. The van der Waals surface area contributed by atoms with Crippen molar-refractivity contribution in [2.45, 2.75) is 83.3 Å².